The molecule has 3 amide bonds. The Bertz CT molecular complexity index is 1290. The van der Waals surface area contributed by atoms with Crippen molar-refractivity contribution in [1.82, 2.24) is 9.97 Å². The van der Waals surface area contributed by atoms with E-state index in [1.807, 2.05) is 13.8 Å². The van der Waals surface area contributed by atoms with Crippen molar-refractivity contribution in [3.05, 3.63) is 70.9 Å². The van der Waals surface area contributed by atoms with Crippen LogP contribution < -0.4 is 20.4 Å². The molecule has 0 saturated heterocycles. The van der Waals surface area contributed by atoms with E-state index in [0.29, 0.717) is 29.7 Å². The van der Waals surface area contributed by atoms with Crippen LogP contribution in [0, 0.1) is 6.92 Å². The van der Waals surface area contributed by atoms with Gasteiger partial charge in [-0.3, -0.25) is 14.6 Å². The van der Waals surface area contributed by atoms with Gasteiger partial charge in [-0.15, -0.1) is 0 Å². The van der Waals surface area contributed by atoms with Crippen LogP contribution in [0.4, 0.5) is 41.1 Å². The van der Waals surface area contributed by atoms with Crippen LogP contribution in [0.15, 0.2) is 48.7 Å². The normalized spacial score (nSPS) is 13.5. The average Bonchev–Trinajstić information content (AvgIpc) is 2.84. The monoisotopic (exact) mass is 484 g/mol. The summed E-state index contributed by atoms with van der Waals surface area (Å²) in [5.41, 5.74) is 1.40. The summed E-state index contributed by atoms with van der Waals surface area (Å²) >= 11 is 0. The molecule has 4 rings (SSSR count). The second kappa shape index (κ2) is 9.24. The Morgan fingerprint density at radius 3 is 2.63 bits per heavy atom. The van der Waals surface area contributed by atoms with Crippen LogP contribution in [0.2, 0.25) is 0 Å². The zero-order valence-corrected chi connectivity index (χ0v) is 19.3. The third-order valence-electron chi connectivity index (χ3n) is 5.64. The SMILES string of the molecule is CCN1C(=O)N(c2cc(NC(=O)c3cccc(C(F)(F)F)c3)ccc2C)Cc2cnc(NC)nc21. The van der Waals surface area contributed by atoms with E-state index in [9.17, 15) is 22.8 Å². The summed E-state index contributed by atoms with van der Waals surface area (Å²) in [5, 5.41) is 5.49. The van der Waals surface area contributed by atoms with E-state index in [1.165, 1.54) is 17.0 Å². The quantitative estimate of drug-likeness (QED) is 0.528. The Morgan fingerprint density at radius 2 is 1.94 bits per heavy atom. The summed E-state index contributed by atoms with van der Waals surface area (Å²) in [6.07, 6.45) is -2.90. The van der Waals surface area contributed by atoms with E-state index in [0.717, 1.165) is 23.3 Å². The van der Waals surface area contributed by atoms with Crippen molar-refractivity contribution in [2.75, 3.05) is 34.0 Å². The Hall–Kier alpha value is -4.15. The predicted octanol–water partition coefficient (Wildman–Crippen LogP) is 5.06. The van der Waals surface area contributed by atoms with Gasteiger partial charge < -0.3 is 10.6 Å². The summed E-state index contributed by atoms with van der Waals surface area (Å²) in [7, 11) is 1.69. The molecule has 2 N–H and O–H groups in total. The van der Waals surface area contributed by atoms with Gasteiger partial charge in [0.2, 0.25) is 5.95 Å². The predicted molar refractivity (Wildman–Crippen MR) is 127 cm³/mol. The highest BCUT2D eigenvalue weighted by Gasteiger charge is 2.33. The third-order valence-corrected chi connectivity index (χ3v) is 5.64. The zero-order valence-electron chi connectivity index (χ0n) is 19.3. The fourth-order valence-electron chi connectivity index (χ4n) is 3.83. The second-order valence-corrected chi connectivity index (χ2v) is 7.94. The van der Waals surface area contributed by atoms with E-state index >= 15 is 0 Å². The molecule has 0 aliphatic carbocycles. The van der Waals surface area contributed by atoms with Crippen LogP contribution in [0.3, 0.4) is 0 Å². The molecule has 3 aromatic rings. The summed E-state index contributed by atoms with van der Waals surface area (Å²) in [5.74, 6) is 0.239. The van der Waals surface area contributed by atoms with Crippen LogP contribution in [-0.4, -0.2) is 35.5 Å². The highest BCUT2D eigenvalue weighted by molar-refractivity contribution is 6.07. The lowest BCUT2D eigenvalue weighted by Gasteiger charge is -2.36. The summed E-state index contributed by atoms with van der Waals surface area (Å²) < 4.78 is 39.1. The van der Waals surface area contributed by atoms with Crippen LogP contribution >= 0.6 is 0 Å². The molecule has 0 saturated carbocycles. The molecule has 0 spiro atoms. The van der Waals surface area contributed by atoms with Gasteiger partial charge in [0.25, 0.3) is 5.91 Å². The molecule has 11 heteroatoms. The van der Waals surface area contributed by atoms with Gasteiger partial charge in [-0.2, -0.15) is 18.2 Å². The second-order valence-electron chi connectivity index (χ2n) is 7.94. The number of rotatable bonds is 5. The highest BCUT2D eigenvalue weighted by atomic mass is 19.4. The standard InChI is InChI=1S/C24H23F3N6O2/c1-4-32-20-16(12-29-22(28-3)31-20)13-33(23(32)35)19-11-18(9-8-14(19)2)30-21(34)15-6-5-7-17(10-15)24(25,26)27/h5-12H,4,13H2,1-3H3,(H,30,34)(H,28,29,31). The molecule has 8 nitrogen and oxygen atoms in total. The van der Waals surface area contributed by atoms with Crippen LogP contribution in [0.1, 0.15) is 34.0 Å². The number of amides is 3. The molecular weight excluding hydrogens is 461 g/mol. The number of fused-ring (bicyclic) bond motifs is 1. The molecule has 2 heterocycles. The van der Waals surface area contributed by atoms with E-state index in [-0.39, 0.29) is 18.1 Å². The van der Waals surface area contributed by atoms with E-state index in [4.69, 9.17) is 0 Å². The zero-order chi connectivity index (χ0) is 25.3. The molecule has 1 aliphatic heterocycles. The maximum Gasteiger partial charge on any atom is 0.416 e. The molecule has 35 heavy (non-hydrogen) atoms. The largest absolute Gasteiger partial charge is 0.416 e. The number of carbonyl (C=O) groups excluding carboxylic acids is 2. The fourth-order valence-corrected chi connectivity index (χ4v) is 3.83. The van der Waals surface area contributed by atoms with Gasteiger partial charge in [0.1, 0.15) is 5.82 Å². The molecule has 0 fully saturated rings. The number of aryl methyl sites for hydroxylation is 1. The molecule has 2 aromatic carbocycles. The van der Waals surface area contributed by atoms with Crippen LogP contribution in [-0.2, 0) is 12.7 Å². The summed E-state index contributed by atoms with van der Waals surface area (Å²) in [4.78, 5) is 37.8. The number of nitrogens with one attached hydrogen (secondary N) is 2. The number of urea groups is 1. The molecule has 1 aliphatic rings. The third kappa shape index (κ3) is 4.75. The highest BCUT2D eigenvalue weighted by Crippen LogP contribution is 2.34. The van der Waals surface area contributed by atoms with Crippen molar-refractivity contribution >= 4 is 35.1 Å². The van der Waals surface area contributed by atoms with Gasteiger partial charge >= 0.3 is 12.2 Å². The van der Waals surface area contributed by atoms with Crippen molar-refractivity contribution < 1.29 is 22.8 Å². The first-order valence-electron chi connectivity index (χ1n) is 10.8. The first-order valence-corrected chi connectivity index (χ1v) is 10.8. The number of benzene rings is 2. The number of aromatic nitrogens is 2. The van der Waals surface area contributed by atoms with Crippen LogP contribution in [0.25, 0.3) is 0 Å². The lowest BCUT2D eigenvalue weighted by molar-refractivity contribution is -0.137. The van der Waals surface area contributed by atoms with Gasteiger partial charge in [0.05, 0.1) is 17.8 Å². The number of alkyl halides is 3. The average molecular weight is 484 g/mol. The number of nitrogens with zero attached hydrogens (tertiary/aromatic N) is 4. The van der Waals surface area contributed by atoms with E-state index in [1.54, 1.807) is 36.3 Å². The van der Waals surface area contributed by atoms with Gasteiger partial charge in [0.15, 0.2) is 0 Å². The van der Waals surface area contributed by atoms with Crippen molar-refractivity contribution in [2.45, 2.75) is 26.6 Å². The van der Waals surface area contributed by atoms with Crippen molar-refractivity contribution in [3.63, 3.8) is 0 Å². The topological polar surface area (TPSA) is 90.5 Å². The Balaban J connectivity index is 1.63. The minimum Gasteiger partial charge on any atom is -0.357 e. The smallest absolute Gasteiger partial charge is 0.357 e. The maximum atomic E-state index is 13.3. The Labute approximate surface area is 199 Å². The maximum absolute atomic E-state index is 13.3. The number of halogens is 3. The van der Waals surface area contributed by atoms with Crippen LogP contribution in [0.5, 0.6) is 0 Å². The van der Waals surface area contributed by atoms with Crippen molar-refractivity contribution in [1.29, 1.82) is 0 Å². The van der Waals surface area contributed by atoms with E-state index < -0.39 is 17.6 Å². The number of hydrogen-bond donors (Lipinski definition) is 2. The molecular formula is C24H23F3N6O2. The molecule has 0 bridgehead atoms. The Morgan fingerprint density at radius 1 is 1.17 bits per heavy atom. The fraction of sp³-hybridized carbons (Fsp3) is 0.250. The van der Waals surface area contributed by atoms with Gasteiger partial charge in [0, 0.05) is 36.6 Å². The lowest BCUT2D eigenvalue weighted by atomic mass is 10.1. The van der Waals surface area contributed by atoms with Gasteiger partial charge in [-0.25, -0.2) is 9.78 Å². The summed E-state index contributed by atoms with van der Waals surface area (Å²) in [6, 6.07) is 8.90. The molecule has 0 unspecified atom stereocenters. The first-order chi connectivity index (χ1) is 16.6. The van der Waals surface area contributed by atoms with Gasteiger partial charge in [-0.05, 0) is 49.7 Å². The minimum atomic E-state index is -4.55. The molecule has 182 valence electrons. The molecule has 1 aromatic heterocycles. The van der Waals surface area contributed by atoms with Gasteiger partial charge in [-0.1, -0.05) is 12.1 Å². The van der Waals surface area contributed by atoms with Crippen molar-refractivity contribution in [2.24, 2.45) is 0 Å². The number of carbonyl (C=O) groups is 2. The van der Waals surface area contributed by atoms with Crippen molar-refractivity contribution in [3.8, 4) is 0 Å². The van der Waals surface area contributed by atoms with E-state index in [2.05, 4.69) is 20.6 Å². The number of hydrogen-bond acceptors (Lipinski definition) is 5. The molecule has 0 atom stereocenters. The summed E-state index contributed by atoms with van der Waals surface area (Å²) in [6.45, 7) is 4.27. The molecule has 0 radical (unpaired) electrons. The number of anilines is 4. The minimum absolute atomic E-state index is 0.125. The Kier molecular flexibility index (Phi) is 6.33. The first kappa shape index (κ1) is 24.0. The lowest BCUT2D eigenvalue weighted by Crippen LogP contribution is -2.48.